The highest BCUT2D eigenvalue weighted by molar-refractivity contribution is 5.33. The second-order valence-electron chi connectivity index (χ2n) is 5.37. The highest BCUT2D eigenvalue weighted by Crippen LogP contribution is 2.14. The molecule has 5 nitrogen and oxygen atoms in total. The van der Waals surface area contributed by atoms with Crippen LogP contribution in [0.4, 0.5) is 5.82 Å². The lowest BCUT2D eigenvalue weighted by molar-refractivity contribution is 0.355. The molecule has 0 aliphatic rings. The molecule has 0 amide bonds. The summed E-state index contributed by atoms with van der Waals surface area (Å²) in [5, 5.41) is 12.0. The number of hydrogen-bond acceptors (Lipinski definition) is 3. The molecule has 18 heavy (non-hydrogen) atoms. The minimum atomic E-state index is 0.0298. The summed E-state index contributed by atoms with van der Waals surface area (Å²) in [5.41, 5.74) is 1.19. The molecule has 0 unspecified atom stereocenters. The topological polar surface area (TPSA) is 47.7 Å². The maximum atomic E-state index is 4.38. The molecule has 0 spiro atoms. The highest BCUT2D eigenvalue weighted by atomic mass is 15.3. The van der Waals surface area contributed by atoms with E-state index < -0.39 is 0 Å². The molecular weight excluding hydrogens is 226 g/mol. The van der Waals surface area contributed by atoms with Gasteiger partial charge in [-0.1, -0.05) is 0 Å². The standard InChI is InChI=1S/C13H21N5/c1-5-17-7-6-12(16-17)14-8-11-9-15-18(10-11)13(2,3)4/h6-7,9-10H,5,8H2,1-4H3,(H,14,16). The van der Waals surface area contributed by atoms with E-state index in [0.29, 0.717) is 0 Å². The Morgan fingerprint density at radius 2 is 2.11 bits per heavy atom. The molecule has 0 aromatic carbocycles. The Hall–Kier alpha value is -1.78. The van der Waals surface area contributed by atoms with Gasteiger partial charge < -0.3 is 5.32 Å². The van der Waals surface area contributed by atoms with Crippen LogP contribution >= 0.6 is 0 Å². The van der Waals surface area contributed by atoms with E-state index in [4.69, 9.17) is 0 Å². The van der Waals surface area contributed by atoms with E-state index in [1.54, 1.807) is 0 Å². The first-order valence-electron chi connectivity index (χ1n) is 6.30. The number of rotatable bonds is 4. The molecule has 0 fully saturated rings. The smallest absolute Gasteiger partial charge is 0.148 e. The van der Waals surface area contributed by atoms with Crippen LogP contribution in [0.2, 0.25) is 0 Å². The van der Waals surface area contributed by atoms with Crippen molar-refractivity contribution in [1.29, 1.82) is 0 Å². The molecule has 0 aliphatic heterocycles. The summed E-state index contributed by atoms with van der Waals surface area (Å²) in [4.78, 5) is 0. The van der Waals surface area contributed by atoms with Crippen LogP contribution < -0.4 is 5.32 Å². The number of nitrogens with zero attached hydrogens (tertiary/aromatic N) is 4. The summed E-state index contributed by atoms with van der Waals surface area (Å²) in [5.74, 6) is 0.903. The Kier molecular flexibility index (Phi) is 3.41. The first-order chi connectivity index (χ1) is 8.49. The van der Waals surface area contributed by atoms with Crippen LogP contribution in [0, 0.1) is 0 Å². The largest absolute Gasteiger partial charge is 0.364 e. The van der Waals surface area contributed by atoms with Gasteiger partial charge in [0.2, 0.25) is 0 Å². The summed E-state index contributed by atoms with van der Waals surface area (Å²) in [6.07, 6.45) is 5.94. The minimum absolute atomic E-state index is 0.0298. The van der Waals surface area contributed by atoms with Crippen LogP contribution in [0.3, 0.4) is 0 Å². The lowest BCUT2D eigenvalue weighted by Gasteiger charge is -2.18. The second kappa shape index (κ2) is 4.84. The van der Waals surface area contributed by atoms with Gasteiger partial charge in [0.05, 0.1) is 11.7 Å². The van der Waals surface area contributed by atoms with Crippen LogP contribution in [0.5, 0.6) is 0 Å². The number of aryl methyl sites for hydroxylation is 1. The molecule has 2 aromatic rings. The van der Waals surface area contributed by atoms with Crippen LogP contribution in [0.25, 0.3) is 0 Å². The molecule has 0 saturated carbocycles. The molecule has 2 heterocycles. The maximum absolute atomic E-state index is 4.38. The fourth-order valence-electron chi connectivity index (χ4n) is 1.64. The third-order valence-corrected chi connectivity index (χ3v) is 2.76. The van der Waals surface area contributed by atoms with Gasteiger partial charge >= 0.3 is 0 Å². The van der Waals surface area contributed by atoms with Crippen molar-refractivity contribution < 1.29 is 0 Å². The molecular formula is C13H21N5. The van der Waals surface area contributed by atoms with Crippen LogP contribution in [-0.4, -0.2) is 19.6 Å². The Labute approximate surface area is 108 Å². The first-order valence-corrected chi connectivity index (χ1v) is 6.30. The molecule has 2 rings (SSSR count). The second-order valence-corrected chi connectivity index (χ2v) is 5.37. The molecule has 1 N–H and O–H groups in total. The molecule has 0 aliphatic carbocycles. The van der Waals surface area contributed by atoms with Crippen molar-refractivity contribution in [3.05, 3.63) is 30.2 Å². The van der Waals surface area contributed by atoms with Crippen molar-refractivity contribution in [2.45, 2.75) is 46.3 Å². The van der Waals surface area contributed by atoms with E-state index in [2.05, 4.69) is 49.4 Å². The Morgan fingerprint density at radius 1 is 1.33 bits per heavy atom. The summed E-state index contributed by atoms with van der Waals surface area (Å²) in [6, 6.07) is 1.98. The van der Waals surface area contributed by atoms with Gasteiger partial charge in [0.15, 0.2) is 0 Å². The van der Waals surface area contributed by atoms with E-state index in [9.17, 15) is 0 Å². The molecule has 5 heteroatoms. The predicted octanol–water partition coefficient (Wildman–Crippen LogP) is 2.47. The average molecular weight is 247 g/mol. The zero-order valence-electron chi connectivity index (χ0n) is 11.5. The first kappa shape index (κ1) is 12.7. The maximum Gasteiger partial charge on any atom is 0.148 e. The van der Waals surface area contributed by atoms with E-state index in [1.807, 2.05) is 27.8 Å². The van der Waals surface area contributed by atoms with Gasteiger partial charge in [-0.3, -0.25) is 9.36 Å². The zero-order chi connectivity index (χ0) is 13.2. The number of aromatic nitrogens is 4. The van der Waals surface area contributed by atoms with E-state index in [0.717, 1.165) is 24.5 Å². The number of hydrogen-bond donors (Lipinski definition) is 1. The predicted molar refractivity (Wildman–Crippen MR) is 72.5 cm³/mol. The van der Waals surface area contributed by atoms with Gasteiger partial charge in [0.25, 0.3) is 0 Å². The minimum Gasteiger partial charge on any atom is -0.364 e. The molecule has 0 atom stereocenters. The van der Waals surface area contributed by atoms with Gasteiger partial charge in [-0.2, -0.15) is 10.2 Å². The van der Waals surface area contributed by atoms with Crippen molar-refractivity contribution in [3.8, 4) is 0 Å². The van der Waals surface area contributed by atoms with Crippen LogP contribution in [-0.2, 0) is 18.6 Å². The van der Waals surface area contributed by atoms with E-state index in [-0.39, 0.29) is 5.54 Å². The Morgan fingerprint density at radius 3 is 2.67 bits per heavy atom. The Balaban J connectivity index is 1.96. The monoisotopic (exact) mass is 247 g/mol. The van der Waals surface area contributed by atoms with E-state index in [1.165, 1.54) is 0 Å². The molecule has 98 valence electrons. The quantitative estimate of drug-likeness (QED) is 0.903. The highest BCUT2D eigenvalue weighted by Gasteiger charge is 2.13. The molecule has 2 aromatic heterocycles. The normalized spacial score (nSPS) is 11.8. The van der Waals surface area contributed by atoms with Gasteiger partial charge in [0, 0.05) is 37.1 Å². The summed E-state index contributed by atoms with van der Waals surface area (Å²) in [7, 11) is 0. The van der Waals surface area contributed by atoms with Crippen molar-refractivity contribution >= 4 is 5.82 Å². The van der Waals surface area contributed by atoms with Crippen molar-refractivity contribution in [1.82, 2.24) is 19.6 Å². The average Bonchev–Trinajstić information content (AvgIpc) is 2.94. The van der Waals surface area contributed by atoms with Gasteiger partial charge in [-0.15, -0.1) is 0 Å². The van der Waals surface area contributed by atoms with Crippen molar-refractivity contribution in [2.75, 3.05) is 5.32 Å². The van der Waals surface area contributed by atoms with Crippen molar-refractivity contribution in [3.63, 3.8) is 0 Å². The summed E-state index contributed by atoms with van der Waals surface area (Å²) >= 11 is 0. The Bertz CT molecular complexity index is 503. The van der Waals surface area contributed by atoms with Gasteiger partial charge in [-0.05, 0) is 27.7 Å². The third kappa shape index (κ3) is 2.91. The van der Waals surface area contributed by atoms with Gasteiger partial charge in [-0.25, -0.2) is 0 Å². The zero-order valence-corrected chi connectivity index (χ0v) is 11.5. The lowest BCUT2D eigenvalue weighted by atomic mass is 10.1. The summed E-state index contributed by atoms with van der Waals surface area (Å²) < 4.78 is 3.88. The number of nitrogens with one attached hydrogen (secondary N) is 1. The fourth-order valence-corrected chi connectivity index (χ4v) is 1.64. The number of anilines is 1. The molecule has 0 bridgehead atoms. The van der Waals surface area contributed by atoms with Gasteiger partial charge in [0.1, 0.15) is 5.82 Å². The van der Waals surface area contributed by atoms with Crippen molar-refractivity contribution in [2.24, 2.45) is 0 Å². The summed E-state index contributed by atoms with van der Waals surface area (Å²) in [6.45, 7) is 10.1. The third-order valence-electron chi connectivity index (χ3n) is 2.76. The lowest BCUT2D eigenvalue weighted by Crippen LogP contribution is -2.21. The molecule has 0 radical (unpaired) electrons. The molecule has 0 saturated heterocycles. The van der Waals surface area contributed by atoms with E-state index >= 15 is 0 Å². The van der Waals surface area contributed by atoms with Crippen LogP contribution in [0.1, 0.15) is 33.3 Å². The SMILES string of the molecule is CCn1ccc(NCc2cnn(C(C)(C)C)c2)n1. The van der Waals surface area contributed by atoms with Crippen LogP contribution in [0.15, 0.2) is 24.7 Å². The fraction of sp³-hybridized carbons (Fsp3) is 0.538.